The van der Waals surface area contributed by atoms with E-state index in [2.05, 4.69) is 43.4 Å². The van der Waals surface area contributed by atoms with Crippen LogP contribution >= 0.6 is 0 Å². The number of aliphatic carboxylic acids is 1. The van der Waals surface area contributed by atoms with Crippen molar-refractivity contribution in [2.45, 2.75) is 33.4 Å². The Bertz CT molecular complexity index is 1360. The van der Waals surface area contributed by atoms with Crippen molar-refractivity contribution in [3.8, 4) is 22.6 Å². The Kier molecular flexibility index (Phi) is 7.80. The molecule has 0 aliphatic rings. The highest BCUT2D eigenvalue weighted by molar-refractivity contribution is 5.96. The molecule has 0 amide bonds. The van der Waals surface area contributed by atoms with Gasteiger partial charge in [0.25, 0.3) is 0 Å². The van der Waals surface area contributed by atoms with Crippen LogP contribution in [0.1, 0.15) is 30.5 Å². The summed E-state index contributed by atoms with van der Waals surface area (Å²) in [7, 11) is 1.56. The van der Waals surface area contributed by atoms with Crippen LogP contribution in [0.4, 0.5) is 5.69 Å². The van der Waals surface area contributed by atoms with Gasteiger partial charge in [-0.25, -0.2) is 0 Å². The highest BCUT2D eigenvalue weighted by Gasteiger charge is 2.16. The molecule has 3 aromatic carbocycles. The first-order chi connectivity index (χ1) is 17.4. The molecule has 0 aliphatic heterocycles. The summed E-state index contributed by atoms with van der Waals surface area (Å²) in [5.41, 5.74) is 12.1. The van der Waals surface area contributed by atoms with Crippen LogP contribution in [0, 0.1) is 5.92 Å². The fraction of sp³-hybridized carbons (Fsp3) is 0.276. The van der Waals surface area contributed by atoms with Crippen molar-refractivity contribution < 1.29 is 23.8 Å². The third-order valence-corrected chi connectivity index (χ3v) is 5.95. The number of hydrogen-bond donors (Lipinski definition) is 3. The summed E-state index contributed by atoms with van der Waals surface area (Å²) in [5.74, 6) is 0.598. The SMILES string of the molecule is COc1ccc(CC(=O)O)c(OCc2coc3c(NCC(C)C)cc(-c4cccc(CN)c4)cc23)c1. The molecule has 0 spiro atoms. The van der Waals surface area contributed by atoms with Crippen molar-refractivity contribution in [1.82, 2.24) is 0 Å². The van der Waals surface area contributed by atoms with Crippen LogP contribution in [0.5, 0.6) is 11.5 Å². The molecule has 7 nitrogen and oxygen atoms in total. The number of carboxylic acids is 1. The van der Waals surface area contributed by atoms with Crippen LogP contribution in [0.3, 0.4) is 0 Å². The number of carbonyl (C=O) groups is 1. The van der Waals surface area contributed by atoms with Gasteiger partial charge in [-0.05, 0) is 46.9 Å². The summed E-state index contributed by atoms with van der Waals surface area (Å²) in [5, 5.41) is 13.7. The minimum Gasteiger partial charge on any atom is -0.497 e. The first-order valence-corrected chi connectivity index (χ1v) is 12.0. The number of methoxy groups -OCH3 is 1. The molecule has 0 unspecified atom stereocenters. The Morgan fingerprint density at radius 2 is 1.92 bits per heavy atom. The monoisotopic (exact) mass is 488 g/mol. The highest BCUT2D eigenvalue weighted by atomic mass is 16.5. The summed E-state index contributed by atoms with van der Waals surface area (Å²) < 4.78 is 17.4. The van der Waals surface area contributed by atoms with Crippen molar-refractivity contribution >= 4 is 22.6 Å². The molecule has 1 heterocycles. The number of hydrogen-bond acceptors (Lipinski definition) is 6. The van der Waals surface area contributed by atoms with Gasteiger partial charge < -0.3 is 30.0 Å². The lowest BCUT2D eigenvalue weighted by molar-refractivity contribution is -0.136. The van der Waals surface area contributed by atoms with Gasteiger partial charge in [-0.2, -0.15) is 0 Å². The summed E-state index contributed by atoms with van der Waals surface area (Å²) in [4.78, 5) is 11.3. The Morgan fingerprint density at radius 1 is 1.08 bits per heavy atom. The van der Waals surface area contributed by atoms with Gasteiger partial charge in [0, 0.05) is 35.7 Å². The number of furan rings is 1. The van der Waals surface area contributed by atoms with Crippen LogP contribution in [0.2, 0.25) is 0 Å². The van der Waals surface area contributed by atoms with Gasteiger partial charge in [-0.3, -0.25) is 4.79 Å². The number of benzene rings is 3. The highest BCUT2D eigenvalue weighted by Crippen LogP contribution is 2.35. The fourth-order valence-corrected chi connectivity index (χ4v) is 4.05. The van der Waals surface area contributed by atoms with Gasteiger partial charge in [-0.1, -0.05) is 38.1 Å². The quantitative estimate of drug-likeness (QED) is 0.243. The van der Waals surface area contributed by atoms with Crippen molar-refractivity contribution in [2.24, 2.45) is 11.7 Å². The van der Waals surface area contributed by atoms with Crippen LogP contribution in [-0.2, 0) is 24.4 Å². The maximum Gasteiger partial charge on any atom is 0.307 e. The predicted octanol–water partition coefficient (Wildman–Crippen LogP) is 5.84. The smallest absolute Gasteiger partial charge is 0.307 e. The third-order valence-electron chi connectivity index (χ3n) is 5.95. The molecule has 188 valence electrons. The summed E-state index contributed by atoms with van der Waals surface area (Å²) in [6, 6.07) is 17.5. The zero-order valence-corrected chi connectivity index (χ0v) is 20.8. The molecule has 0 radical (unpaired) electrons. The Morgan fingerprint density at radius 3 is 2.64 bits per heavy atom. The van der Waals surface area contributed by atoms with Gasteiger partial charge in [0.15, 0.2) is 5.58 Å². The zero-order valence-electron chi connectivity index (χ0n) is 20.8. The average Bonchev–Trinajstić information content (AvgIpc) is 3.29. The van der Waals surface area contributed by atoms with E-state index < -0.39 is 5.97 Å². The second-order valence-electron chi connectivity index (χ2n) is 9.17. The summed E-state index contributed by atoms with van der Waals surface area (Å²) >= 11 is 0. The number of nitrogens with two attached hydrogens (primary N) is 1. The van der Waals surface area contributed by atoms with Crippen LogP contribution in [0.15, 0.2) is 65.3 Å². The molecule has 0 aliphatic carbocycles. The van der Waals surface area contributed by atoms with Crippen molar-refractivity contribution in [3.05, 3.63) is 77.6 Å². The molecule has 0 bridgehead atoms. The van der Waals surface area contributed by atoms with Crippen molar-refractivity contribution in [1.29, 1.82) is 0 Å². The molecular weight excluding hydrogens is 456 g/mol. The van der Waals surface area contributed by atoms with Gasteiger partial charge in [0.2, 0.25) is 0 Å². The molecule has 0 saturated carbocycles. The lowest BCUT2D eigenvalue weighted by atomic mass is 9.99. The second kappa shape index (κ2) is 11.2. The minimum atomic E-state index is -0.927. The number of ether oxygens (including phenoxy) is 2. The number of fused-ring (bicyclic) bond motifs is 1. The maximum absolute atomic E-state index is 11.3. The normalized spacial score (nSPS) is 11.1. The lowest BCUT2D eigenvalue weighted by Gasteiger charge is -2.13. The van der Waals surface area contributed by atoms with E-state index >= 15 is 0 Å². The fourth-order valence-electron chi connectivity index (χ4n) is 4.05. The summed E-state index contributed by atoms with van der Waals surface area (Å²) in [6.07, 6.45) is 1.55. The van der Waals surface area contributed by atoms with Crippen molar-refractivity contribution in [3.63, 3.8) is 0 Å². The lowest BCUT2D eigenvalue weighted by Crippen LogP contribution is -2.08. The predicted molar refractivity (Wildman–Crippen MR) is 142 cm³/mol. The molecule has 4 N–H and O–H groups in total. The first-order valence-electron chi connectivity index (χ1n) is 12.0. The standard InChI is InChI=1S/C29H32N2O5/c1-18(2)15-31-26-11-22(20-6-4-5-19(9-20)14-30)10-25-23(17-36-29(25)26)16-35-27-13-24(34-3)8-7-21(27)12-28(32)33/h4-11,13,17-18,31H,12,14-16,30H2,1-3H3,(H,32,33). The topological polar surface area (TPSA) is 107 Å². The average molecular weight is 489 g/mol. The minimum absolute atomic E-state index is 0.142. The van der Waals surface area contributed by atoms with E-state index in [9.17, 15) is 9.90 Å². The van der Waals surface area contributed by atoms with Gasteiger partial charge in [0.1, 0.15) is 18.1 Å². The van der Waals surface area contributed by atoms with E-state index in [4.69, 9.17) is 19.6 Å². The third kappa shape index (κ3) is 5.80. The van der Waals surface area contributed by atoms with Gasteiger partial charge >= 0.3 is 5.97 Å². The van der Waals surface area contributed by atoms with Crippen molar-refractivity contribution in [2.75, 3.05) is 19.0 Å². The largest absolute Gasteiger partial charge is 0.497 e. The molecule has 7 heteroatoms. The number of carboxylic acid groups (broad SMARTS) is 1. The zero-order chi connectivity index (χ0) is 25.7. The van der Waals surface area contributed by atoms with E-state index in [0.29, 0.717) is 29.5 Å². The second-order valence-corrected chi connectivity index (χ2v) is 9.17. The molecule has 4 aromatic rings. The van der Waals surface area contributed by atoms with E-state index in [0.717, 1.165) is 45.5 Å². The number of rotatable bonds is 11. The van der Waals surface area contributed by atoms with Crippen LogP contribution in [0.25, 0.3) is 22.1 Å². The molecule has 1 aromatic heterocycles. The van der Waals surface area contributed by atoms with E-state index in [1.165, 1.54) is 0 Å². The molecule has 0 saturated heterocycles. The van der Waals surface area contributed by atoms with Gasteiger partial charge in [0.05, 0.1) is 25.5 Å². The summed E-state index contributed by atoms with van der Waals surface area (Å²) in [6.45, 7) is 5.80. The molecule has 0 fully saturated rings. The number of nitrogens with one attached hydrogen (secondary N) is 1. The maximum atomic E-state index is 11.3. The molecular formula is C29H32N2O5. The van der Waals surface area contributed by atoms with Crippen LogP contribution in [-0.4, -0.2) is 24.7 Å². The van der Waals surface area contributed by atoms with E-state index in [1.807, 2.05) is 12.1 Å². The molecule has 0 atom stereocenters. The van der Waals surface area contributed by atoms with Gasteiger partial charge in [-0.15, -0.1) is 0 Å². The Balaban J connectivity index is 1.72. The molecule has 4 rings (SSSR count). The Hall–Kier alpha value is -3.97. The van der Waals surface area contributed by atoms with Crippen LogP contribution < -0.4 is 20.5 Å². The first kappa shape index (κ1) is 25.1. The Labute approximate surface area is 210 Å². The van der Waals surface area contributed by atoms with E-state index in [1.54, 1.807) is 31.6 Å². The molecule has 36 heavy (non-hydrogen) atoms. The number of anilines is 1. The van der Waals surface area contributed by atoms with E-state index in [-0.39, 0.29) is 13.0 Å².